The Labute approximate surface area is 201 Å². The zero-order valence-corrected chi connectivity index (χ0v) is 19.8. The van der Waals surface area contributed by atoms with Crippen molar-refractivity contribution in [3.05, 3.63) is 63.9 Å². The second kappa shape index (κ2) is 9.22. The van der Waals surface area contributed by atoms with Gasteiger partial charge in [0.2, 0.25) is 5.91 Å². The van der Waals surface area contributed by atoms with Gasteiger partial charge in [-0.25, -0.2) is 12.8 Å². The topological polar surface area (TPSA) is 96.3 Å². The van der Waals surface area contributed by atoms with Crippen molar-refractivity contribution in [3.63, 3.8) is 0 Å². The van der Waals surface area contributed by atoms with Gasteiger partial charge in [0.1, 0.15) is 11.4 Å². The number of carbonyl (C=O) groups excluding carboxylic acids is 1. The SMILES string of the molecule is N#CC1(NC(=O)[C@@H]2C[C@@H](S(=O)(=O)c3ccccc3Cl)C[C@H]2OCc2ccc(Cl)cc2F)CC1. The number of amides is 1. The highest BCUT2D eigenvalue weighted by Crippen LogP contribution is 2.40. The molecular formula is C23H21Cl2FN2O4S. The minimum atomic E-state index is -3.85. The number of halogens is 3. The lowest BCUT2D eigenvalue weighted by Crippen LogP contribution is -2.42. The number of sulfone groups is 1. The second-order valence-corrected chi connectivity index (χ2v) is 11.5. The molecule has 2 aliphatic rings. The van der Waals surface area contributed by atoms with Crippen molar-refractivity contribution in [1.29, 1.82) is 5.26 Å². The maximum atomic E-state index is 14.2. The third-order valence-corrected chi connectivity index (χ3v) is 9.08. The van der Waals surface area contributed by atoms with Crippen molar-refractivity contribution in [2.75, 3.05) is 0 Å². The molecule has 2 aliphatic carbocycles. The fraction of sp³-hybridized carbons (Fsp3) is 0.391. The molecule has 10 heteroatoms. The number of carbonyl (C=O) groups is 1. The molecule has 0 unspecified atom stereocenters. The Hall–Kier alpha value is -2.18. The standard InChI is InChI=1S/C23H21Cl2FN2O4S/c24-15-6-5-14(19(26)9-15)12-32-20-11-16(33(30,31)21-4-2-1-3-18(21)25)10-17(20)22(29)28-23(13-27)7-8-23/h1-6,9,16-17,20H,7-8,10-12H2,(H,28,29)/t16-,17-,20-/m1/s1. The molecule has 174 valence electrons. The lowest BCUT2D eigenvalue weighted by atomic mass is 10.0. The van der Waals surface area contributed by atoms with Crippen LogP contribution in [0.2, 0.25) is 10.0 Å². The molecule has 2 fully saturated rings. The van der Waals surface area contributed by atoms with Crippen LogP contribution in [0.5, 0.6) is 0 Å². The Balaban J connectivity index is 1.57. The molecule has 0 radical (unpaired) electrons. The summed E-state index contributed by atoms with van der Waals surface area (Å²) in [7, 11) is -3.85. The van der Waals surface area contributed by atoms with Crippen molar-refractivity contribution in [3.8, 4) is 6.07 Å². The Morgan fingerprint density at radius 3 is 2.58 bits per heavy atom. The molecule has 1 N–H and O–H groups in total. The summed E-state index contributed by atoms with van der Waals surface area (Å²) in [4.78, 5) is 13.0. The zero-order chi connectivity index (χ0) is 23.8. The molecule has 6 nitrogen and oxygen atoms in total. The van der Waals surface area contributed by atoms with Crippen LogP contribution in [0.25, 0.3) is 0 Å². The fourth-order valence-electron chi connectivity index (χ4n) is 4.08. The van der Waals surface area contributed by atoms with Crippen LogP contribution in [0.15, 0.2) is 47.4 Å². The van der Waals surface area contributed by atoms with Crippen LogP contribution in [-0.2, 0) is 26.0 Å². The molecule has 0 spiro atoms. The molecule has 1 amide bonds. The van der Waals surface area contributed by atoms with Crippen molar-refractivity contribution < 1.29 is 22.3 Å². The van der Waals surface area contributed by atoms with Crippen molar-refractivity contribution in [1.82, 2.24) is 5.32 Å². The molecule has 2 saturated carbocycles. The van der Waals surface area contributed by atoms with Crippen LogP contribution in [0, 0.1) is 23.1 Å². The van der Waals surface area contributed by atoms with E-state index in [0.717, 1.165) is 6.07 Å². The summed E-state index contributed by atoms with van der Waals surface area (Å²) in [5.41, 5.74) is -0.657. The van der Waals surface area contributed by atoms with Gasteiger partial charge in [-0.1, -0.05) is 41.4 Å². The number of nitrogens with one attached hydrogen (secondary N) is 1. The zero-order valence-electron chi connectivity index (χ0n) is 17.4. The average Bonchev–Trinajstić information content (AvgIpc) is 3.40. The highest BCUT2D eigenvalue weighted by Gasteiger charge is 2.50. The van der Waals surface area contributed by atoms with Crippen molar-refractivity contribution >= 4 is 38.9 Å². The highest BCUT2D eigenvalue weighted by atomic mass is 35.5. The average molecular weight is 511 g/mol. The summed E-state index contributed by atoms with van der Waals surface area (Å²) in [5, 5.41) is 11.5. The number of hydrogen-bond acceptors (Lipinski definition) is 5. The van der Waals surface area contributed by atoms with E-state index in [1.807, 2.05) is 0 Å². The molecule has 0 aliphatic heterocycles. The van der Waals surface area contributed by atoms with Crippen molar-refractivity contribution in [2.24, 2.45) is 5.92 Å². The quantitative estimate of drug-likeness (QED) is 0.593. The summed E-state index contributed by atoms with van der Waals surface area (Å²) in [6, 6.07) is 12.4. The third kappa shape index (κ3) is 5.02. The lowest BCUT2D eigenvalue weighted by Gasteiger charge is -2.21. The highest BCUT2D eigenvalue weighted by molar-refractivity contribution is 7.92. The van der Waals surface area contributed by atoms with Gasteiger partial charge in [-0.2, -0.15) is 5.26 Å². The third-order valence-electron chi connectivity index (χ3n) is 6.17. The van der Waals surface area contributed by atoms with E-state index in [1.54, 1.807) is 12.1 Å². The lowest BCUT2D eigenvalue weighted by molar-refractivity contribution is -0.130. The van der Waals surface area contributed by atoms with E-state index in [9.17, 15) is 22.9 Å². The van der Waals surface area contributed by atoms with Gasteiger partial charge in [0.15, 0.2) is 9.84 Å². The molecule has 2 aromatic rings. The Bertz CT molecular complexity index is 1230. The summed E-state index contributed by atoms with van der Waals surface area (Å²) >= 11 is 11.9. The number of nitriles is 1. The van der Waals surface area contributed by atoms with Crippen LogP contribution in [0.4, 0.5) is 4.39 Å². The second-order valence-electron chi connectivity index (χ2n) is 8.44. The largest absolute Gasteiger partial charge is 0.373 e. The van der Waals surface area contributed by atoms with Crippen molar-refractivity contribution in [2.45, 2.75) is 54.1 Å². The first-order valence-electron chi connectivity index (χ1n) is 10.4. The van der Waals surface area contributed by atoms with E-state index in [4.69, 9.17) is 27.9 Å². The van der Waals surface area contributed by atoms with Gasteiger partial charge in [-0.05, 0) is 49.9 Å². The fourth-order valence-corrected chi connectivity index (χ4v) is 6.56. The Morgan fingerprint density at radius 2 is 1.94 bits per heavy atom. The maximum absolute atomic E-state index is 14.2. The molecule has 0 saturated heterocycles. The van der Waals surface area contributed by atoms with E-state index in [2.05, 4.69) is 11.4 Å². The summed E-state index contributed by atoms with van der Waals surface area (Å²) in [5.74, 6) is -1.80. The molecule has 4 rings (SSSR count). The van der Waals surface area contributed by atoms with Gasteiger partial charge in [-0.15, -0.1) is 0 Å². The minimum absolute atomic E-state index is 0.00379. The van der Waals surface area contributed by atoms with Crippen LogP contribution in [0.3, 0.4) is 0 Å². The van der Waals surface area contributed by atoms with E-state index in [1.165, 1.54) is 24.3 Å². The molecule has 33 heavy (non-hydrogen) atoms. The monoisotopic (exact) mass is 510 g/mol. The summed E-state index contributed by atoms with van der Waals surface area (Å²) in [6.45, 7) is -0.153. The van der Waals surface area contributed by atoms with E-state index in [0.29, 0.717) is 12.8 Å². The number of hydrogen-bond donors (Lipinski definition) is 1. The Kier molecular flexibility index (Phi) is 6.70. The van der Waals surface area contributed by atoms with Gasteiger partial charge >= 0.3 is 0 Å². The van der Waals surface area contributed by atoms with Gasteiger partial charge in [-0.3, -0.25) is 4.79 Å². The smallest absolute Gasteiger partial charge is 0.227 e. The number of benzene rings is 2. The number of ether oxygens (including phenoxy) is 1. The van der Waals surface area contributed by atoms with E-state index in [-0.39, 0.29) is 40.0 Å². The first-order chi connectivity index (χ1) is 15.6. The van der Waals surface area contributed by atoms with Crippen LogP contribution in [-0.4, -0.2) is 31.2 Å². The minimum Gasteiger partial charge on any atom is -0.373 e. The van der Waals surface area contributed by atoms with Gasteiger partial charge in [0.05, 0.1) is 39.9 Å². The molecule has 2 aromatic carbocycles. The van der Waals surface area contributed by atoms with Crippen LogP contribution < -0.4 is 5.32 Å². The number of rotatable bonds is 7. The molecule has 0 bridgehead atoms. The maximum Gasteiger partial charge on any atom is 0.227 e. The van der Waals surface area contributed by atoms with Gasteiger partial charge in [0, 0.05) is 10.6 Å². The normalized spacial score (nSPS) is 23.6. The number of nitrogens with zero attached hydrogens (tertiary/aromatic N) is 1. The van der Waals surface area contributed by atoms with Gasteiger partial charge in [0.25, 0.3) is 0 Å². The molecule has 0 heterocycles. The first kappa shape index (κ1) is 24.0. The summed E-state index contributed by atoms with van der Waals surface area (Å²) in [6.07, 6.45) is 0.363. The molecular weight excluding hydrogens is 490 g/mol. The molecule has 3 atom stereocenters. The van der Waals surface area contributed by atoms with Gasteiger partial charge < -0.3 is 10.1 Å². The first-order valence-corrected chi connectivity index (χ1v) is 12.7. The van der Waals surface area contributed by atoms with E-state index < -0.39 is 44.4 Å². The Morgan fingerprint density at radius 1 is 1.21 bits per heavy atom. The van der Waals surface area contributed by atoms with E-state index >= 15 is 0 Å². The predicted octanol–water partition coefficient (Wildman–Crippen LogP) is 4.44. The van der Waals surface area contributed by atoms with Crippen LogP contribution >= 0.6 is 23.2 Å². The van der Waals surface area contributed by atoms with Crippen LogP contribution in [0.1, 0.15) is 31.2 Å². The predicted molar refractivity (Wildman–Crippen MR) is 121 cm³/mol. The summed E-state index contributed by atoms with van der Waals surface area (Å²) < 4.78 is 46.7. The molecule has 0 aromatic heterocycles.